The second kappa shape index (κ2) is 5.94. The maximum atomic E-state index is 10.9. The van der Waals surface area contributed by atoms with E-state index >= 15 is 0 Å². The topological polar surface area (TPSA) is 54.9 Å². The molecule has 2 rings (SSSR count). The third-order valence-electron chi connectivity index (χ3n) is 2.16. The fourth-order valence-electron chi connectivity index (χ4n) is 1.47. The molecule has 1 heterocycles. The minimum atomic E-state index is -0.0832. The summed E-state index contributed by atoms with van der Waals surface area (Å²) in [5.41, 5.74) is 2.54. The van der Waals surface area contributed by atoms with E-state index in [1.807, 2.05) is 39.0 Å². The molecule has 0 aliphatic carbocycles. The number of benzene rings is 1. The van der Waals surface area contributed by atoms with Gasteiger partial charge in [0, 0.05) is 25.1 Å². The molecule has 0 aliphatic rings. The van der Waals surface area contributed by atoms with Gasteiger partial charge in [-0.2, -0.15) is 0 Å². The molecule has 0 fully saturated rings. The van der Waals surface area contributed by atoms with E-state index in [9.17, 15) is 4.79 Å². The summed E-state index contributed by atoms with van der Waals surface area (Å²) in [6.45, 7) is 7.41. The van der Waals surface area contributed by atoms with Gasteiger partial charge in [-0.25, -0.2) is 9.97 Å². The quantitative estimate of drug-likeness (QED) is 0.823. The third-order valence-corrected chi connectivity index (χ3v) is 2.16. The van der Waals surface area contributed by atoms with Crippen molar-refractivity contribution in [1.82, 2.24) is 9.97 Å². The lowest BCUT2D eigenvalue weighted by Crippen LogP contribution is -2.05. The van der Waals surface area contributed by atoms with Crippen LogP contribution >= 0.6 is 0 Å². The number of rotatable bonds is 1. The van der Waals surface area contributed by atoms with Crippen LogP contribution in [-0.2, 0) is 4.79 Å². The van der Waals surface area contributed by atoms with Gasteiger partial charge in [0.2, 0.25) is 5.91 Å². The number of nitrogens with one attached hydrogen (secondary N) is 1. The van der Waals surface area contributed by atoms with Crippen molar-refractivity contribution in [3.63, 3.8) is 0 Å². The molecular formula is C13H19N3O. The Balaban J connectivity index is 0.000000917. The van der Waals surface area contributed by atoms with Crippen molar-refractivity contribution in [2.45, 2.75) is 27.7 Å². The molecule has 4 heteroatoms. The molecule has 2 aromatic rings. The monoisotopic (exact) mass is 233 g/mol. The number of carbonyl (C=O) groups is 1. The highest BCUT2D eigenvalue weighted by atomic mass is 16.1. The number of hydrogen-bond acceptors (Lipinski definition) is 3. The smallest absolute Gasteiger partial charge is 0.221 e. The highest BCUT2D eigenvalue weighted by molar-refractivity contribution is 5.92. The van der Waals surface area contributed by atoms with Crippen LogP contribution in [-0.4, -0.2) is 15.9 Å². The molecule has 0 radical (unpaired) electrons. The number of anilines is 1. The molecule has 0 unspecified atom stereocenters. The van der Waals surface area contributed by atoms with Gasteiger partial charge in [-0.05, 0) is 25.1 Å². The van der Waals surface area contributed by atoms with Crippen LogP contribution in [0.15, 0.2) is 24.5 Å². The Morgan fingerprint density at radius 2 is 2.00 bits per heavy atom. The van der Waals surface area contributed by atoms with E-state index < -0.39 is 0 Å². The number of fused-ring (bicyclic) bond motifs is 1. The van der Waals surface area contributed by atoms with Gasteiger partial charge < -0.3 is 5.32 Å². The average molecular weight is 233 g/mol. The molecule has 0 atom stereocenters. The number of carbonyl (C=O) groups excluding carboxylic acids is 1. The van der Waals surface area contributed by atoms with E-state index in [0.717, 1.165) is 22.3 Å². The minimum Gasteiger partial charge on any atom is -0.326 e. The molecule has 0 bridgehead atoms. The molecule has 0 saturated carbocycles. The second-order valence-corrected chi connectivity index (χ2v) is 3.37. The van der Waals surface area contributed by atoms with Crippen LogP contribution in [0.2, 0.25) is 0 Å². The first kappa shape index (κ1) is 13.1. The second-order valence-electron chi connectivity index (χ2n) is 3.37. The van der Waals surface area contributed by atoms with Crippen molar-refractivity contribution in [1.29, 1.82) is 0 Å². The predicted molar refractivity (Wildman–Crippen MR) is 72.0 cm³/mol. The highest BCUT2D eigenvalue weighted by Crippen LogP contribution is 2.18. The molecule has 1 amide bonds. The SMILES string of the molecule is CC.CC(=O)Nc1ccc2c(C)ncnc2c1.[HH]. The maximum absolute atomic E-state index is 10.9. The van der Waals surface area contributed by atoms with Crippen molar-refractivity contribution < 1.29 is 6.22 Å². The number of aromatic nitrogens is 2. The Bertz CT molecular complexity index is 529. The Labute approximate surface area is 103 Å². The Morgan fingerprint density at radius 3 is 2.65 bits per heavy atom. The summed E-state index contributed by atoms with van der Waals surface area (Å²) in [5.74, 6) is -0.0832. The van der Waals surface area contributed by atoms with Crippen LogP contribution in [0.4, 0.5) is 5.69 Å². The maximum Gasteiger partial charge on any atom is 0.221 e. The lowest BCUT2D eigenvalue weighted by Gasteiger charge is -2.04. The summed E-state index contributed by atoms with van der Waals surface area (Å²) in [6, 6.07) is 5.60. The molecule has 0 saturated heterocycles. The number of hydrogen-bond donors (Lipinski definition) is 1. The summed E-state index contributed by atoms with van der Waals surface area (Å²) < 4.78 is 0. The molecule has 92 valence electrons. The molecule has 0 aliphatic heterocycles. The largest absolute Gasteiger partial charge is 0.326 e. The third kappa shape index (κ3) is 3.24. The van der Waals surface area contributed by atoms with Crippen molar-refractivity contribution in [2.24, 2.45) is 0 Å². The summed E-state index contributed by atoms with van der Waals surface area (Å²) in [6.07, 6.45) is 1.52. The zero-order chi connectivity index (χ0) is 12.8. The molecular weight excluding hydrogens is 214 g/mol. The van der Waals surface area contributed by atoms with Crippen LogP contribution in [0.25, 0.3) is 10.9 Å². The fourth-order valence-corrected chi connectivity index (χ4v) is 1.47. The first-order valence-corrected chi connectivity index (χ1v) is 5.66. The highest BCUT2D eigenvalue weighted by Gasteiger charge is 2.01. The zero-order valence-corrected chi connectivity index (χ0v) is 10.6. The van der Waals surface area contributed by atoms with Gasteiger partial charge >= 0.3 is 0 Å². The van der Waals surface area contributed by atoms with E-state index in [4.69, 9.17) is 0 Å². The Kier molecular flexibility index (Phi) is 4.57. The van der Waals surface area contributed by atoms with Crippen LogP contribution in [0, 0.1) is 6.92 Å². The number of amides is 1. The van der Waals surface area contributed by atoms with Crippen molar-refractivity contribution >= 4 is 22.5 Å². The van der Waals surface area contributed by atoms with Crippen molar-refractivity contribution in [3.8, 4) is 0 Å². The number of nitrogens with zero attached hydrogens (tertiary/aromatic N) is 2. The van der Waals surface area contributed by atoms with Gasteiger partial charge in [-0.3, -0.25) is 4.79 Å². The zero-order valence-electron chi connectivity index (χ0n) is 10.6. The van der Waals surface area contributed by atoms with Gasteiger partial charge in [0.05, 0.1) is 5.52 Å². The van der Waals surface area contributed by atoms with Gasteiger partial charge in [0.25, 0.3) is 0 Å². The van der Waals surface area contributed by atoms with E-state index in [2.05, 4.69) is 15.3 Å². The first-order valence-electron chi connectivity index (χ1n) is 5.66. The lowest BCUT2D eigenvalue weighted by atomic mass is 10.2. The van der Waals surface area contributed by atoms with Gasteiger partial charge in [-0.1, -0.05) is 13.8 Å². The summed E-state index contributed by atoms with van der Waals surface area (Å²) in [4.78, 5) is 19.1. The molecule has 1 aromatic carbocycles. The van der Waals surface area contributed by atoms with Gasteiger partial charge in [-0.15, -0.1) is 0 Å². The Morgan fingerprint density at radius 1 is 1.29 bits per heavy atom. The summed E-state index contributed by atoms with van der Waals surface area (Å²) >= 11 is 0. The van der Waals surface area contributed by atoms with Crippen LogP contribution < -0.4 is 5.32 Å². The van der Waals surface area contributed by atoms with Crippen LogP contribution in [0.5, 0.6) is 0 Å². The summed E-state index contributed by atoms with van der Waals surface area (Å²) in [7, 11) is 0. The fraction of sp³-hybridized carbons (Fsp3) is 0.308. The molecule has 1 aromatic heterocycles. The molecule has 1 N–H and O–H groups in total. The van der Waals surface area contributed by atoms with Crippen LogP contribution in [0.1, 0.15) is 27.9 Å². The summed E-state index contributed by atoms with van der Waals surface area (Å²) in [5, 5.41) is 3.72. The normalized spacial score (nSPS) is 9.41. The van der Waals surface area contributed by atoms with E-state index in [0.29, 0.717) is 0 Å². The van der Waals surface area contributed by atoms with E-state index in [1.165, 1.54) is 13.3 Å². The molecule has 0 spiro atoms. The Hall–Kier alpha value is -1.97. The van der Waals surface area contributed by atoms with E-state index in [-0.39, 0.29) is 7.33 Å². The predicted octanol–water partition coefficient (Wildman–Crippen LogP) is 3.17. The minimum absolute atomic E-state index is 0. The van der Waals surface area contributed by atoms with Crippen LogP contribution in [0.3, 0.4) is 0 Å². The van der Waals surface area contributed by atoms with Crippen molar-refractivity contribution in [2.75, 3.05) is 5.32 Å². The van der Waals surface area contributed by atoms with Gasteiger partial charge in [0.15, 0.2) is 0 Å². The van der Waals surface area contributed by atoms with Crippen molar-refractivity contribution in [3.05, 3.63) is 30.2 Å². The van der Waals surface area contributed by atoms with Gasteiger partial charge in [0.1, 0.15) is 6.33 Å². The molecule has 17 heavy (non-hydrogen) atoms. The lowest BCUT2D eigenvalue weighted by molar-refractivity contribution is -0.114. The number of aryl methyl sites for hydroxylation is 1. The average Bonchev–Trinajstić information content (AvgIpc) is 2.31. The molecule has 4 nitrogen and oxygen atoms in total. The first-order chi connectivity index (χ1) is 8.16. The van der Waals surface area contributed by atoms with E-state index in [1.54, 1.807) is 0 Å². The standard InChI is InChI=1S/C11H11N3O.C2H6.H2/c1-7-10-4-3-9(14-8(2)15)5-11(10)13-6-12-7;1-2;/h3-6H,1-2H3,(H,14,15);1-2H3;1H.